The van der Waals surface area contributed by atoms with Crippen molar-refractivity contribution >= 4 is 38.4 Å². The molecule has 2 atom stereocenters. The van der Waals surface area contributed by atoms with Crippen LogP contribution in [0.25, 0.3) is 22.3 Å². The highest BCUT2D eigenvalue weighted by Gasteiger charge is 2.29. The first-order valence-corrected chi connectivity index (χ1v) is 16.3. The van der Waals surface area contributed by atoms with Gasteiger partial charge in [0.15, 0.2) is 5.65 Å². The van der Waals surface area contributed by atoms with Gasteiger partial charge in [0.05, 0.1) is 63.3 Å². The molecule has 236 valence electrons. The summed E-state index contributed by atoms with van der Waals surface area (Å²) in [6, 6.07) is 10.1. The van der Waals surface area contributed by atoms with E-state index in [0.29, 0.717) is 43.8 Å². The number of pyridine rings is 1. The summed E-state index contributed by atoms with van der Waals surface area (Å²) in [5.41, 5.74) is 3.05. The second-order valence-electron chi connectivity index (χ2n) is 9.90. The number of rotatable bonds is 7. The number of morpholine rings is 2. The van der Waals surface area contributed by atoms with Crippen molar-refractivity contribution in [3.63, 3.8) is 0 Å². The summed E-state index contributed by atoms with van der Waals surface area (Å²) in [5, 5.41) is 10.7. The van der Waals surface area contributed by atoms with Crippen LogP contribution in [0, 0.1) is 0 Å². The lowest BCUT2D eigenvalue weighted by Gasteiger charge is -2.37. The Hall–Kier alpha value is -2.75. The molecule has 2 aromatic heterocycles. The molecule has 5 rings (SSSR count). The molecule has 4 heterocycles. The molecule has 5 N–H and O–H groups in total. The van der Waals surface area contributed by atoms with E-state index in [9.17, 15) is 14.2 Å². The standard InChI is InChI=1S/C25H31N5O4.H4O7P2/c1-16-14-33-10-8-29(16)24-20-5-6-21(18-4-7-22(32-3)19(12-18)13-31)26-23(20)27-25(28-24)30-9-11-34-15-17(30)2;1-8(2,3)7-9(4,5)6/h4-7,12,16-17,31H,8-11,13-15H2,1-3H3;(H2,1,2,3)(H2,4,5,6)/t16-,17-;/m0./s1. The van der Waals surface area contributed by atoms with Crippen molar-refractivity contribution < 1.29 is 52.3 Å². The van der Waals surface area contributed by atoms with Gasteiger partial charge in [0.2, 0.25) is 5.95 Å². The molecule has 0 aliphatic carbocycles. The van der Waals surface area contributed by atoms with Gasteiger partial charge in [-0.15, -0.1) is 0 Å². The van der Waals surface area contributed by atoms with E-state index in [1.54, 1.807) is 7.11 Å². The fourth-order valence-corrected chi connectivity index (χ4v) is 5.87. The predicted molar refractivity (Wildman–Crippen MR) is 156 cm³/mol. The van der Waals surface area contributed by atoms with Crippen molar-refractivity contribution in [3.8, 4) is 17.0 Å². The first-order chi connectivity index (χ1) is 20.3. The quantitative estimate of drug-likeness (QED) is 0.232. The Bertz CT molecular complexity index is 1500. The molecule has 0 bridgehead atoms. The zero-order valence-electron chi connectivity index (χ0n) is 23.8. The van der Waals surface area contributed by atoms with Crippen molar-refractivity contribution in [2.24, 2.45) is 0 Å². The maximum atomic E-state index is 9.75. The van der Waals surface area contributed by atoms with Gasteiger partial charge in [-0.3, -0.25) is 0 Å². The third kappa shape index (κ3) is 8.67. The van der Waals surface area contributed by atoms with Crippen LogP contribution in [-0.2, 0) is 29.5 Å². The molecule has 2 saturated heterocycles. The Balaban J connectivity index is 0.000000410. The molecule has 0 amide bonds. The van der Waals surface area contributed by atoms with Crippen LogP contribution in [0.15, 0.2) is 30.3 Å². The van der Waals surface area contributed by atoms with Crippen molar-refractivity contribution in [1.29, 1.82) is 0 Å². The van der Waals surface area contributed by atoms with E-state index in [1.807, 2.05) is 30.3 Å². The van der Waals surface area contributed by atoms with Crippen LogP contribution in [0.3, 0.4) is 0 Å². The van der Waals surface area contributed by atoms with Crippen LogP contribution in [-0.4, -0.2) is 98.3 Å². The Labute approximate surface area is 247 Å². The van der Waals surface area contributed by atoms with Gasteiger partial charge in [-0.25, -0.2) is 14.1 Å². The summed E-state index contributed by atoms with van der Waals surface area (Å²) in [6.07, 6.45) is 0. The number of methoxy groups -OCH3 is 1. The summed E-state index contributed by atoms with van der Waals surface area (Å²) < 4.78 is 38.9. The maximum Gasteiger partial charge on any atom is 0.478 e. The number of hydrogen-bond acceptors (Lipinski definition) is 12. The van der Waals surface area contributed by atoms with E-state index in [-0.39, 0.29) is 18.7 Å². The number of fused-ring (bicyclic) bond motifs is 1. The average Bonchev–Trinajstić information content (AvgIpc) is 2.95. The number of phosphoric acid groups is 2. The Morgan fingerprint density at radius 3 is 2.07 bits per heavy atom. The van der Waals surface area contributed by atoms with Gasteiger partial charge >= 0.3 is 15.6 Å². The second kappa shape index (κ2) is 13.9. The molecule has 3 aromatic rings. The zero-order chi connectivity index (χ0) is 31.4. The maximum absolute atomic E-state index is 9.75. The summed E-state index contributed by atoms with van der Waals surface area (Å²) in [6.45, 7) is 8.31. The molecule has 18 heteroatoms. The molecule has 0 saturated carbocycles. The van der Waals surface area contributed by atoms with Crippen LogP contribution in [0.2, 0.25) is 0 Å². The summed E-state index contributed by atoms with van der Waals surface area (Å²) in [5.74, 6) is 2.22. The number of nitrogens with zero attached hydrogens (tertiary/aromatic N) is 5. The minimum atomic E-state index is -5.05. The largest absolute Gasteiger partial charge is 0.496 e. The zero-order valence-corrected chi connectivity index (χ0v) is 25.6. The van der Waals surface area contributed by atoms with E-state index in [0.717, 1.165) is 41.1 Å². The van der Waals surface area contributed by atoms with Crippen LogP contribution < -0.4 is 14.5 Å². The SMILES string of the molecule is COc1ccc(-c2ccc3c(N4CCOC[C@@H]4C)nc(N4CCOC[C@@H]4C)nc3n2)cc1CO.O=P(O)(O)OP(=O)(O)O. The number of benzene rings is 1. The summed E-state index contributed by atoms with van der Waals surface area (Å²) in [4.78, 5) is 50.4. The molecular weight excluding hydrogens is 608 g/mol. The smallest absolute Gasteiger partial charge is 0.478 e. The number of ether oxygens (including phenoxy) is 3. The van der Waals surface area contributed by atoms with Gasteiger partial charge in [0.1, 0.15) is 11.6 Å². The summed E-state index contributed by atoms with van der Waals surface area (Å²) >= 11 is 0. The molecule has 2 aliphatic heterocycles. The third-order valence-corrected chi connectivity index (χ3v) is 8.45. The van der Waals surface area contributed by atoms with Gasteiger partial charge in [0, 0.05) is 24.2 Å². The monoisotopic (exact) mass is 643 g/mol. The predicted octanol–water partition coefficient (Wildman–Crippen LogP) is 1.83. The Morgan fingerprint density at radius 1 is 0.907 bits per heavy atom. The van der Waals surface area contributed by atoms with Gasteiger partial charge in [-0.1, -0.05) is 0 Å². The lowest BCUT2D eigenvalue weighted by atomic mass is 10.1. The third-order valence-electron chi connectivity index (χ3n) is 6.75. The number of aromatic nitrogens is 3. The number of aliphatic hydroxyl groups is 1. The molecular formula is C25H35N5O11P2. The van der Waals surface area contributed by atoms with Crippen molar-refractivity contribution in [2.75, 3.05) is 56.4 Å². The molecule has 43 heavy (non-hydrogen) atoms. The lowest BCUT2D eigenvalue weighted by molar-refractivity contribution is 0.0973. The second-order valence-corrected chi connectivity index (χ2v) is 12.5. The number of hydrogen-bond donors (Lipinski definition) is 5. The van der Waals surface area contributed by atoms with E-state index in [4.69, 9.17) is 48.7 Å². The minimum Gasteiger partial charge on any atom is -0.496 e. The number of anilines is 2. The lowest BCUT2D eigenvalue weighted by Crippen LogP contribution is -2.46. The molecule has 0 spiro atoms. The molecule has 2 aliphatic rings. The van der Waals surface area contributed by atoms with Crippen molar-refractivity contribution in [3.05, 3.63) is 35.9 Å². The molecule has 1 aromatic carbocycles. The van der Waals surface area contributed by atoms with E-state index in [1.165, 1.54) is 0 Å². The molecule has 0 radical (unpaired) electrons. The van der Waals surface area contributed by atoms with Crippen LogP contribution in [0.1, 0.15) is 19.4 Å². The highest BCUT2D eigenvalue weighted by Crippen LogP contribution is 2.53. The van der Waals surface area contributed by atoms with Crippen LogP contribution >= 0.6 is 15.6 Å². The first kappa shape index (κ1) is 33.1. The van der Waals surface area contributed by atoms with Gasteiger partial charge < -0.3 is 48.7 Å². The van der Waals surface area contributed by atoms with Gasteiger partial charge in [-0.2, -0.15) is 14.3 Å². The topological polar surface area (TPSA) is 217 Å². The minimum absolute atomic E-state index is 0.106. The first-order valence-electron chi connectivity index (χ1n) is 13.3. The van der Waals surface area contributed by atoms with E-state index in [2.05, 4.69) is 28.0 Å². The Morgan fingerprint density at radius 2 is 1.53 bits per heavy atom. The van der Waals surface area contributed by atoms with Crippen molar-refractivity contribution in [2.45, 2.75) is 32.5 Å². The van der Waals surface area contributed by atoms with Crippen LogP contribution in [0.5, 0.6) is 5.75 Å². The highest BCUT2D eigenvalue weighted by atomic mass is 31.3. The van der Waals surface area contributed by atoms with Crippen LogP contribution in [0.4, 0.5) is 11.8 Å². The fraction of sp³-hybridized carbons (Fsp3) is 0.480. The summed E-state index contributed by atoms with van der Waals surface area (Å²) in [7, 11) is -8.50. The van der Waals surface area contributed by atoms with E-state index < -0.39 is 15.6 Å². The highest BCUT2D eigenvalue weighted by molar-refractivity contribution is 7.60. The normalized spacial score (nSPS) is 19.6. The number of aliphatic hydroxyl groups excluding tert-OH is 1. The van der Waals surface area contributed by atoms with E-state index >= 15 is 0 Å². The van der Waals surface area contributed by atoms with Crippen molar-refractivity contribution in [1.82, 2.24) is 15.0 Å². The molecule has 2 fully saturated rings. The average molecular weight is 644 g/mol. The fourth-order valence-electron chi connectivity index (χ4n) is 4.76. The van der Waals surface area contributed by atoms with Gasteiger partial charge in [-0.05, 0) is 44.2 Å². The van der Waals surface area contributed by atoms with Gasteiger partial charge in [0.25, 0.3) is 0 Å². The Kier molecular flexibility index (Phi) is 10.7. The molecule has 0 unspecified atom stereocenters. The molecule has 16 nitrogen and oxygen atoms in total.